The molecule has 0 unspecified atom stereocenters. The molecule has 1 saturated heterocycles. The maximum Gasteiger partial charge on any atom is 0.269 e. The lowest BCUT2D eigenvalue weighted by atomic mass is 9.80. The van der Waals surface area contributed by atoms with Gasteiger partial charge in [-0.2, -0.15) is 0 Å². The van der Waals surface area contributed by atoms with Crippen molar-refractivity contribution >= 4 is 5.69 Å². The Bertz CT molecular complexity index is 616. The molecule has 4 bridgehead atoms. The number of non-ortho nitro benzene ring substituents is 1. The van der Waals surface area contributed by atoms with E-state index >= 15 is 0 Å². The van der Waals surface area contributed by atoms with Gasteiger partial charge in [-0.25, -0.2) is 0 Å². The minimum atomic E-state index is -0.378. The van der Waals surface area contributed by atoms with Crippen molar-refractivity contribution in [1.29, 1.82) is 0 Å². The van der Waals surface area contributed by atoms with Gasteiger partial charge < -0.3 is 9.47 Å². The van der Waals surface area contributed by atoms with E-state index in [0.717, 1.165) is 23.8 Å². The molecular formula is C17H19NO4. The third-order valence-electron chi connectivity index (χ3n) is 6.36. The quantitative estimate of drug-likeness (QED) is 0.620. The lowest BCUT2D eigenvalue weighted by Crippen LogP contribution is -2.38. The highest BCUT2D eigenvalue weighted by Crippen LogP contribution is 2.63. The van der Waals surface area contributed by atoms with Crippen LogP contribution in [0.5, 0.6) is 0 Å². The number of rotatable bonds is 2. The van der Waals surface area contributed by atoms with Crippen LogP contribution in [0.15, 0.2) is 24.3 Å². The molecule has 7 atom stereocenters. The molecule has 116 valence electrons. The summed E-state index contributed by atoms with van der Waals surface area (Å²) < 4.78 is 12.5. The summed E-state index contributed by atoms with van der Waals surface area (Å²) in [5.74, 6) is 2.93. The number of nitro groups is 1. The third kappa shape index (κ3) is 1.66. The molecule has 3 saturated carbocycles. The monoisotopic (exact) mass is 301 g/mol. The molecule has 3 aliphatic carbocycles. The van der Waals surface area contributed by atoms with Crippen molar-refractivity contribution in [1.82, 2.24) is 0 Å². The fraction of sp³-hybridized carbons (Fsp3) is 0.647. The van der Waals surface area contributed by atoms with Gasteiger partial charge in [0.15, 0.2) is 6.29 Å². The summed E-state index contributed by atoms with van der Waals surface area (Å²) in [6, 6.07) is 6.58. The van der Waals surface area contributed by atoms with Gasteiger partial charge in [0, 0.05) is 23.6 Å². The van der Waals surface area contributed by atoms with Crippen molar-refractivity contribution in [2.45, 2.75) is 44.2 Å². The molecule has 5 nitrogen and oxygen atoms in total. The number of hydrogen-bond donors (Lipinski definition) is 0. The lowest BCUT2D eigenvalue weighted by Gasteiger charge is -2.37. The van der Waals surface area contributed by atoms with E-state index in [-0.39, 0.29) is 16.9 Å². The highest BCUT2D eigenvalue weighted by atomic mass is 16.7. The van der Waals surface area contributed by atoms with E-state index in [4.69, 9.17) is 9.47 Å². The Morgan fingerprint density at radius 1 is 1.05 bits per heavy atom. The summed E-state index contributed by atoms with van der Waals surface area (Å²) in [7, 11) is 0. The van der Waals surface area contributed by atoms with E-state index < -0.39 is 0 Å². The van der Waals surface area contributed by atoms with Crippen LogP contribution < -0.4 is 0 Å². The van der Waals surface area contributed by atoms with E-state index in [2.05, 4.69) is 0 Å². The van der Waals surface area contributed by atoms with E-state index in [1.54, 1.807) is 12.1 Å². The number of benzene rings is 1. The third-order valence-corrected chi connectivity index (χ3v) is 6.36. The van der Waals surface area contributed by atoms with Gasteiger partial charge in [-0.15, -0.1) is 0 Å². The van der Waals surface area contributed by atoms with Crippen LogP contribution in [0.2, 0.25) is 0 Å². The van der Waals surface area contributed by atoms with Crippen molar-refractivity contribution in [3.63, 3.8) is 0 Å². The van der Waals surface area contributed by atoms with Gasteiger partial charge in [-0.1, -0.05) is 6.42 Å². The van der Waals surface area contributed by atoms with E-state index in [9.17, 15) is 10.1 Å². The van der Waals surface area contributed by atoms with Crippen LogP contribution >= 0.6 is 0 Å². The van der Waals surface area contributed by atoms with E-state index in [0.29, 0.717) is 24.0 Å². The SMILES string of the molecule is O=[N+]([O-])c1ccc([C@H]2O[C@@H]3[C@@H]4C[C@H](O2)[C@@H]3[C@H]2CCC[C@@H]42)cc1. The maximum absolute atomic E-state index is 10.8. The second-order valence-electron chi connectivity index (χ2n) is 7.19. The minimum absolute atomic E-state index is 0.108. The van der Waals surface area contributed by atoms with Gasteiger partial charge in [0.1, 0.15) is 0 Å². The summed E-state index contributed by atoms with van der Waals surface area (Å²) in [4.78, 5) is 10.4. The van der Waals surface area contributed by atoms with Gasteiger partial charge in [0.25, 0.3) is 5.69 Å². The normalized spacial score (nSPS) is 45.0. The average Bonchev–Trinajstić information content (AvgIpc) is 3.16. The molecular weight excluding hydrogens is 282 g/mol. The van der Waals surface area contributed by atoms with Crippen molar-refractivity contribution < 1.29 is 14.4 Å². The molecule has 5 heteroatoms. The Balaban J connectivity index is 1.39. The Kier molecular flexibility index (Phi) is 2.68. The highest BCUT2D eigenvalue weighted by Gasteiger charge is 2.63. The van der Waals surface area contributed by atoms with Crippen LogP contribution in [-0.2, 0) is 9.47 Å². The summed E-state index contributed by atoms with van der Waals surface area (Å²) in [6.45, 7) is 0. The maximum atomic E-state index is 10.8. The van der Waals surface area contributed by atoms with Gasteiger partial charge in [0.05, 0.1) is 17.1 Å². The highest BCUT2D eigenvalue weighted by molar-refractivity contribution is 5.33. The summed E-state index contributed by atoms with van der Waals surface area (Å²) in [6.07, 6.45) is 5.52. The van der Waals surface area contributed by atoms with Crippen molar-refractivity contribution in [3.8, 4) is 0 Å². The smallest absolute Gasteiger partial charge is 0.269 e. The van der Waals surface area contributed by atoms with Crippen molar-refractivity contribution in [2.24, 2.45) is 23.7 Å². The first-order valence-electron chi connectivity index (χ1n) is 8.27. The fourth-order valence-corrected chi connectivity index (χ4v) is 5.60. The number of fused-ring (bicyclic) bond motifs is 2. The molecule has 1 aromatic carbocycles. The van der Waals surface area contributed by atoms with Crippen LogP contribution in [0, 0.1) is 33.8 Å². The van der Waals surface area contributed by atoms with E-state index in [1.807, 2.05) is 0 Å². The Morgan fingerprint density at radius 3 is 2.59 bits per heavy atom. The van der Waals surface area contributed by atoms with Gasteiger partial charge >= 0.3 is 0 Å². The number of nitro benzene ring substituents is 1. The van der Waals surface area contributed by atoms with Crippen LogP contribution in [0.4, 0.5) is 5.69 Å². The topological polar surface area (TPSA) is 61.6 Å². The summed E-state index contributed by atoms with van der Waals surface area (Å²) >= 11 is 0. The summed E-state index contributed by atoms with van der Waals surface area (Å²) in [5, 5.41) is 10.8. The van der Waals surface area contributed by atoms with Crippen LogP contribution in [-0.4, -0.2) is 17.1 Å². The zero-order valence-corrected chi connectivity index (χ0v) is 12.3. The lowest BCUT2D eigenvalue weighted by molar-refractivity contribution is -0.384. The molecule has 1 heterocycles. The van der Waals surface area contributed by atoms with Gasteiger partial charge in [0.2, 0.25) is 0 Å². The zero-order chi connectivity index (χ0) is 14.8. The number of hydrogen-bond acceptors (Lipinski definition) is 4. The first-order valence-corrected chi connectivity index (χ1v) is 8.27. The first-order chi connectivity index (χ1) is 10.7. The van der Waals surface area contributed by atoms with Crippen LogP contribution in [0.3, 0.4) is 0 Å². The van der Waals surface area contributed by atoms with E-state index in [1.165, 1.54) is 31.4 Å². The van der Waals surface area contributed by atoms with Crippen LogP contribution in [0.25, 0.3) is 0 Å². The molecule has 1 aromatic rings. The minimum Gasteiger partial charge on any atom is -0.345 e. The molecule has 22 heavy (non-hydrogen) atoms. The molecule has 4 fully saturated rings. The molecule has 4 aliphatic rings. The molecule has 0 N–H and O–H groups in total. The predicted octanol–water partition coefficient (Wildman–Crippen LogP) is 3.44. The second kappa shape index (κ2) is 4.52. The fourth-order valence-electron chi connectivity index (χ4n) is 5.60. The number of ether oxygens (including phenoxy) is 2. The largest absolute Gasteiger partial charge is 0.345 e. The molecule has 0 spiro atoms. The number of nitrogens with zero attached hydrogens (tertiary/aromatic N) is 1. The Morgan fingerprint density at radius 2 is 1.82 bits per heavy atom. The average molecular weight is 301 g/mol. The summed E-state index contributed by atoms with van der Waals surface area (Å²) in [5.41, 5.74) is 1.00. The standard InChI is InChI=1S/C17H19NO4/c19-18(20)10-6-4-9(5-7-10)17-21-14-8-13-11-2-1-3-12(11)15(14)16(13)22-17/h4-7,11-17H,1-3,8H2/t11-,12+,13-,14+,15+,16-,17-/m1/s1. The predicted molar refractivity (Wildman–Crippen MR) is 78.0 cm³/mol. The molecule has 0 aromatic heterocycles. The molecule has 1 aliphatic heterocycles. The molecule has 5 rings (SSSR count). The first kappa shape index (κ1) is 13.0. The van der Waals surface area contributed by atoms with Gasteiger partial charge in [-0.05, 0) is 49.1 Å². The van der Waals surface area contributed by atoms with Crippen molar-refractivity contribution in [2.75, 3.05) is 0 Å². The van der Waals surface area contributed by atoms with Gasteiger partial charge in [-0.3, -0.25) is 10.1 Å². The second-order valence-corrected chi connectivity index (χ2v) is 7.19. The zero-order valence-electron chi connectivity index (χ0n) is 12.3. The molecule has 0 radical (unpaired) electrons. The Labute approximate surface area is 128 Å². The van der Waals surface area contributed by atoms with Crippen LogP contribution in [0.1, 0.15) is 37.5 Å². The Hall–Kier alpha value is -1.46. The van der Waals surface area contributed by atoms with Crippen molar-refractivity contribution in [3.05, 3.63) is 39.9 Å². The molecule has 0 amide bonds.